The molecule has 0 aliphatic carbocycles. The number of halogens is 1. The van der Waals surface area contributed by atoms with Gasteiger partial charge in [0.1, 0.15) is 0 Å². The highest BCUT2D eigenvalue weighted by molar-refractivity contribution is 8.16. The van der Waals surface area contributed by atoms with Crippen LogP contribution in [-0.4, -0.2) is 21.3 Å². The van der Waals surface area contributed by atoms with Crippen LogP contribution in [-0.2, 0) is 0 Å². The topological polar surface area (TPSA) is 17.8 Å². The van der Waals surface area contributed by atoms with Gasteiger partial charge in [0, 0.05) is 16.8 Å². The van der Waals surface area contributed by atoms with E-state index in [2.05, 4.69) is 36.5 Å². The molecule has 5 heteroatoms. The van der Waals surface area contributed by atoms with Crippen molar-refractivity contribution in [3.05, 3.63) is 71.5 Å². The third-order valence-electron chi connectivity index (χ3n) is 3.97. The van der Waals surface area contributed by atoms with Crippen LogP contribution in [0.3, 0.4) is 0 Å². The van der Waals surface area contributed by atoms with Gasteiger partial charge in [0.25, 0.3) is 0 Å². The van der Waals surface area contributed by atoms with Gasteiger partial charge in [-0.25, -0.2) is 4.68 Å². The summed E-state index contributed by atoms with van der Waals surface area (Å²) in [5.41, 5.74) is 4.65. The van der Waals surface area contributed by atoms with Crippen molar-refractivity contribution in [2.24, 2.45) is 0 Å². The lowest BCUT2D eigenvalue weighted by atomic mass is 10.1. The molecule has 1 aliphatic rings. The summed E-state index contributed by atoms with van der Waals surface area (Å²) in [5.74, 6) is 2.42. The van der Waals surface area contributed by atoms with Crippen molar-refractivity contribution in [1.82, 2.24) is 9.78 Å². The average molecular weight is 373 g/mol. The molecule has 122 valence electrons. The number of hydrogen-bond donors (Lipinski definition) is 0. The van der Waals surface area contributed by atoms with Crippen LogP contribution in [0.5, 0.6) is 0 Å². The predicted molar refractivity (Wildman–Crippen MR) is 106 cm³/mol. The third kappa shape index (κ3) is 3.37. The highest BCUT2D eigenvalue weighted by atomic mass is 35.5. The molecule has 1 aromatic heterocycles. The van der Waals surface area contributed by atoms with Gasteiger partial charge in [-0.1, -0.05) is 41.9 Å². The van der Waals surface area contributed by atoms with Crippen LogP contribution in [0.25, 0.3) is 16.8 Å². The maximum Gasteiger partial charge on any atom is 0.0946 e. The summed E-state index contributed by atoms with van der Waals surface area (Å²) in [6.07, 6.45) is 3.42. The largest absolute Gasteiger partial charge is 0.240 e. The zero-order chi connectivity index (χ0) is 16.4. The number of thioether (sulfide) groups is 2. The second kappa shape index (κ2) is 7.26. The molecular formula is C19H17ClN2S2. The Hall–Kier alpha value is -1.36. The average Bonchev–Trinajstić information content (AvgIpc) is 3.09. The van der Waals surface area contributed by atoms with Crippen molar-refractivity contribution in [1.29, 1.82) is 0 Å². The molecule has 4 rings (SSSR count). The molecule has 0 amide bonds. The molecule has 2 nitrogen and oxygen atoms in total. The molecule has 0 unspecified atom stereocenters. The molecule has 0 N–H and O–H groups in total. The Kier molecular flexibility index (Phi) is 4.88. The molecular weight excluding hydrogens is 356 g/mol. The molecule has 1 saturated heterocycles. The number of benzene rings is 2. The van der Waals surface area contributed by atoms with Crippen LogP contribution in [0.2, 0.25) is 5.02 Å². The summed E-state index contributed by atoms with van der Waals surface area (Å²) >= 11 is 10.0. The van der Waals surface area contributed by atoms with Crippen LogP contribution in [0, 0.1) is 0 Å². The SMILES string of the molecule is Clc1ccc(-n2cc(-c3ccccc3)c(C3SCCCS3)n2)cc1. The minimum Gasteiger partial charge on any atom is -0.240 e. The Balaban J connectivity index is 1.79. The van der Waals surface area contributed by atoms with Crippen LogP contribution >= 0.6 is 35.1 Å². The third-order valence-corrected chi connectivity index (χ3v) is 7.14. The molecule has 24 heavy (non-hydrogen) atoms. The monoisotopic (exact) mass is 372 g/mol. The Morgan fingerprint density at radius 3 is 2.38 bits per heavy atom. The Morgan fingerprint density at radius 1 is 0.958 bits per heavy atom. The summed E-state index contributed by atoms with van der Waals surface area (Å²) in [6.45, 7) is 0. The maximum atomic E-state index is 6.02. The van der Waals surface area contributed by atoms with Crippen LogP contribution in [0.15, 0.2) is 60.8 Å². The van der Waals surface area contributed by atoms with Gasteiger partial charge >= 0.3 is 0 Å². The van der Waals surface area contributed by atoms with E-state index in [0.717, 1.165) is 10.7 Å². The molecule has 0 bridgehead atoms. The molecule has 0 spiro atoms. The second-order valence-electron chi connectivity index (χ2n) is 5.64. The number of nitrogens with zero attached hydrogens (tertiary/aromatic N) is 2. The lowest BCUT2D eigenvalue weighted by Crippen LogP contribution is -2.03. The minimum atomic E-state index is 0.405. The van der Waals surface area contributed by atoms with Crippen LogP contribution in [0.4, 0.5) is 0 Å². The predicted octanol–water partition coefficient (Wildman–Crippen LogP) is 6.06. The zero-order valence-corrected chi connectivity index (χ0v) is 15.4. The van der Waals surface area contributed by atoms with E-state index in [1.807, 2.05) is 52.5 Å². The highest BCUT2D eigenvalue weighted by Crippen LogP contribution is 2.46. The minimum absolute atomic E-state index is 0.405. The van der Waals surface area contributed by atoms with Gasteiger partial charge in [0.2, 0.25) is 0 Å². The lowest BCUT2D eigenvalue weighted by Gasteiger charge is -2.20. The van der Waals surface area contributed by atoms with Crippen LogP contribution in [0.1, 0.15) is 16.7 Å². The van der Waals surface area contributed by atoms with E-state index in [1.165, 1.54) is 34.7 Å². The fourth-order valence-electron chi connectivity index (χ4n) is 2.77. The summed E-state index contributed by atoms with van der Waals surface area (Å²) in [7, 11) is 0. The van der Waals surface area contributed by atoms with E-state index >= 15 is 0 Å². The van der Waals surface area contributed by atoms with Crippen molar-refractivity contribution in [3.63, 3.8) is 0 Å². The van der Waals surface area contributed by atoms with E-state index in [4.69, 9.17) is 16.7 Å². The quantitative estimate of drug-likeness (QED) is 0.556. The van der Waals surface area contributed by atoms with Gasteiger partial charge in [-0.05, 0) is 47.8 Å². The molecule has 2 heterocycles. The molecule has 1 fully saturated rings. The van der Waals surface area contributed by atoms with Crippen molar-refractivity contribution in [3.8, 4) is 16.8 Å². The van der Waals surface area contributed by atoms with Crippen LogP contribution < -0.4 is 0 Å². The molecule has 2 aromatic carbocycles. The summed E-state index contributed by atoms with van der Waals surface area (Å²) in [6, 6.07) is 18.4. The first-order valence-corrected chi connectivity index (χ1v) is 10.4. The first-order chi connectivity index (χ1) is 11.8. The number of rotatable bonds is 3. The Morgan fingerprint density at radius 2 is 1.67 bits per heavy atom. The number of aromatic nitrogens is 2. The fraction of sp³-hybridized carbons (Fsp3) is 0.211. The van der Waals surface area contributed by atoms with Gasteiger partial charge in [0.15, 0.2) is 0 Å². The van der Waals surface area contributed by atoms with E-state index in [1.54, 1.807) is 0 Å². The molecule has 0 radical (unpaired) electrons. The smallest absolute Gasteiger partial charge is 0.0946 e. The Labute approximate surface area is 155 Å². The standard InChI is InChI=1S/C19H17ClN2S2/c20-15-7-9-16(10-8-15)22-13-17(14-5-2-1-3-6-14)18(21-22)19-23-11-4-12-24-19/h1-3,5-10,13,19H,4,11-12H2. The molecule has 0 atom stereocenters. The molecule has 0 saturated carbocycles. The van der Waals surface area contributed by atoms with Gasteiger partial charge in [-0.15, -0.1) is 23.5 Å². The van der Waals surface area contributed by atoms with Crippen molar-refractivity contribution < 1.29 is 0 Å². The van der Waals surface area contributed by atoms with Crippen molar-refractivity contribution >= 4 is 35.1 Å². The summed E-state index contributed by atoms with van der Waals surface area (Å²) in [5, 5.41) is 5.69. The maximum absolute atomic E-state index is 6.02. The van der Waals surface area contributed by atoms with E-state index < -0.39 is 0 Å². The first-order valence-electron chi connectivity index (χ1n) is 7.95. The van der Waals surface area contributed by atoms with Crippen molar-refractivity contribution in [2.45, 2.75) is 11.0 Å². The molecule has 3 aromatic rings. The van der Waals surface area contributed by atoms with Gasteiger partial charge in [0.05, 0.1) is 16.0 Å². The van der Waals surface area contributed by atoms with Gasteiger partial charge in [-0.2, -0.15) is 5.10 Å². The first kappa shape index (κ1) is 16.1. The van der Waals surface area contributed by atoms with E-state index in [9.17, 15) is 0 Å². The molecule has 1 aliphatic heterocycles. The summed E-state index contributed by atoms with van der Waals surface area (Å²) < 4.78 is 2.38. The normalized spacial score (nSPS) is 15.5. The zero-order valence-electron chi connectivity index (χ0n) is 13.1. The van der Waals surface area contributed by atoms with E-state index in [-0.39, 0.29) is 0 Å². The van der Waals surface area contributed by atoms with Gasteiger partial charge in [-0.3, -0.25) is 0 Å². The summed E-state index contributed by atoms with van der Waals surface area (Å²) in [4.78, 5) is 0. The Bertz CT molecular complexity index is 809. The second-order valence-corrected chi connectivity index (χ2v) is 8.80. The number of hydrogen-bond acceptors (Lipinski definition) is 3. The van der Waals surface area contributed by atoms with Crippen molar-refractivity contribution in [2.75, 3.05) is 11.5 Å². The fourth-order valence-corrected chi connectivity index (χ4v) is 5.76. The van der Waals surface area contributed by atoms with Gasteiger partial charge < -0.3 is 0 Å². The lowest BCUT2D eigenvalue weighted by molar-refractivity contribution is 0.856. The highest BCUT2D eigenvalue weighted by Gasteiger charge is 2.24. The van der Waals surface area contributed by atoms with E-state index in [0.29, 0.717) is 4.58 Å².